The van der Waals surface area contributed by atoms with E-state index >= 15 is 0 Å². The highest BCUT2D eigenvalue weighted by Gasteiger charge is 2.19. The van der Waals surface area contributed by atoms with E-state index in [1.54, 1.807) is 48.5 Å². The third-order valence-corrected chi connectivity index (χ3v) is 7.20. The van der Waals surface area contributed by atoms with Gasteiger partial charge in [-0.2, -0.15) is 0 Å². The van der Waals surface area contributed by atoms with Crippen LogP contribution in [-0.2, 0) is 16.6 Å². The SMILES string of the molecule is CC(C)Oc1cccc(N(Cc2ccc(C(=O)Nc3ccc4c(c3)oc3ccccc34)cc2)S(C)(=O)=O)c1. The van der Waals surface area contributed by atoms with E-state index in [1.165, 1.54) is 10.6 Å². The van der Waals surface area contributed by atoms with E-state index in [0.29, 0.717) is 28.3 Å². The van der Waals surface area contributed by atoms with Gasteiger partial charge in [-0.25, -0.2) is 8.42 Å². The number of furan rings is 1. The molecule has 8 heteroatoms. The van der Waals surface area contributed by atoms with Gasteiger partial charge in [-0.05, 0) is 61.9 Å². The zero-order chi connectivity index (χ0) is 26.9. The molecule has 1 amide bonds. The van der Waals surface area contributed by atoms with E-state index in [9.17, 15) is 13.2 Å². The van der Waals surface area contributed by atoms with E-state index in [1.807, 2.05) is 56.3 Å². The Bertz CT molecular complexity index is 1720. The third kappa shape index (κ3) is 5.50. The molecule has 0 atom stereocenters. The number of hydrogen-bond acceptors (Lipinski definition) is 5. The van der Waals surface area contributed by atoms with Gasteiger partial charge in [0, 0.05) is 34.2 Å². The molecular formula is C30H28N2O5S. The number of fused-ring (bicyclic) bond motifs is 3. The molecule has 0 aliphatic carbocycles. The molecule has 4 aromatic carbocycles. The fourth-order valence-corrected chi connectivity index (χ4v) is 5.20. The van der Waals surface area contributed by atoms with E-state index < -0.39 is 10.0 Å². The summed E-state index contributed by atoms with van der Waals surface area (Å²) >= 11 is 0. The summed E-state index contributed by atoms with van der Waals surface area (Å²) in [5, 5.41) is 4.92. The average molecular weight is 529 g/mol. The van der Waals surface area contributed by atoms with E-state index in [2.05, 4.69) is 5.32 Å². The average Bonchev–Trinajstić information content (AvgIpc) is 3.24. The van der Waals surface area contributed by atoms with Crippen molar-refractivity contribution >= 4 is 49.2 Å². The molecule has 0 unspecified atom stereocenters. The second kappa shape index (κ2) is 10.2. The molecule has 0 saturated heterocycles. The van der Waals surface area contributed by atoms with Crippen molar-refractivity contribution in [2.45, 2.75) is 26.5 Å². The molecule has 0 radical (unpaired) electrons. The topological polar surface area (TPSA) is 88.8 Å². The number of amides is 1. The van der Waals surface area contributed by atoms with Gasteiger partial charge in [0.05, 0.1) is 24.6 Å². The van der Waals surface area contributed by atoms with Crippen molar-refractivity contribution in [2.75, 3.05) is 15.9 Å². The molecule has 0 saturated carbocycles. The first kappa shape index (κ1) is 25.4. The summed E-state index contributed by atoms with van der Waals surface area (Å²) in [6.07, 6.45) is 1.14. The van der Waals surface area contributed by atoms with Gasteiger partial charge in [-0.1, -0.05) is 36.4 Å². The van der Waals surface area contributed by atoms with Gasteiger partial charge in [0.15, 0.2) is 0 Å². The predicted molar refractivity (Wildman–Crippen MR) is 151 cm³/mol. The first-order chi connectivity index (χ1) is 18.2. The standard InChI is InChI=1S/C30H28N2O5S/c1-20(2)36-25-8-6-7-24(18-25)32(38(3,34)35)19-21-11-13-22(14-12-21)30(33)31-23-15-16-27-26-9-4-5-10-28(26)37-29(27)17-23/h4-18,20H,19H2,1-3H3,(H,31,33). The number of para-hydroxylation sites is 1. The first-order valence-corrected chi connectivity index (χ1v) is 14.1. The van der Waals surface area contributed by atoms with Crippen LogP contribution in [0.4, 0.5) is 11.4 Å². The van der Waals surface area contributed by atoms with Gasteiger partial charge in [-0.3, -0.25) is 9.10 Å². The Labute approximate surface area is 221 Å². The number of sulfonamides is 1. The summed E-state index contributed by atoms with van der Waals surface area (Å²) < 4.78 is 38.2. The fraction of sp³-hybridized carbons (Fsp3) is 0.167. The molecular weight excluding hydrogens is 500 g/mol. The van der Waals surface area contributed by atoms with Crippen LogP contribution in [0.3, 0.4) is 0 Å². The zero-order valence-corrected chi connectivity index (χ0v) is 22.2. The number of carbonyl (C=O) groups excluding carboxylic acids is 1. The van der Waals surface area contributed by atoms with Crippen LogP contribution < -0.4 is 14.4 Å². The van der Waals surface area contributed by atoms with Crippen LogP contribution in [-0.4, -0.2) is 26.7 Å². The molecule has 5 rings (SSSR count). The Balaban J connectivity index is 1.32. The second-order valence-corrected chi connectivity index (χ2v) is 11.3. The lowest BCUT2D eigenvalue weighted by molar-refractivity contribution is 0.102. The maximum Gasteiger partial charge on any atom is 0.255 e. The van der Waals surface area contributed by atoms with Gasteiger partial charge < -0.3 is 14.5 Å². The van der Waals surface area contributed by atoms with Gasteiger partial charge in [0.2, 0.25) is 10.0 Å². The minimum atomic E-state index is -3.57. The normalized spacial score (nSPS) is 11.7. The molecule has 0 aliphatic heterocycles. The molecule has 0 bridgehead atoms. The van der Waals surface area contributed by atoms with Gasteiger partial charge >= 0.3 is 0 Å². The molecule has 38 heavy (non-hydrogen) atoms. The number of anilines is 2. The van der Waals surface area contributed by atoms with E-state index in [0.717, 1.165) is 21.9 Å². The van der Waals surface area contributed by atoms with Gasteiger partial charge in [-0.15, -0.1) is 0 Å². The second-order valence-electron chi connectivity index (χ2n) is 9.39. The highest BCUT2D eigenvalue weighted by atomic mass is 32.2. The lowest BCUT2D eigenvalue weighted by Gasteiger charge is -2.23. The Kier molecular flexibility index (Phi) is 6.82. The van der Waals surface area contributed by atoms with Gasteiger partial charge in [0.25, 0.3) is 5.91 Å². The summed E-state index contributed by atoms with van der Waals surface area (Å²) in [7, 11) is -3.57. The van der Waals surface area contributed by atoms with Crippen LogP contribution in [0.1, 0.15) is 29.8 Å². The first-order valence-electron chi connectivity index (χ1n) is 12.2. The zero-order valence-electron chi connectivity index (χ0n) is 21.3. The van der Waals surface area contributed by atoms with Crippen molar-refractivity contribution in [3.05, 3.63) is 102 Å². The lowest BCUT2D eigenvalue weighted by atomic mass is 10.1. The highest BCUT2D eigenvalue weighted by Crippen LogP contribution is 2.30. The minimum absolute atomic E-state index is 0.0312. The highest BCUT2D eigenvalue weighted by molar-refractivity contribution is 7.92. The van der Waals surface area contributed by atoms with E-state index in [-0.39, 0.29) is 18.6 Å². The molecule has 0 fully saturated rings. The van der Waals surface area contributed by atoms with E-state index in [4.69, 9.17) is 9.15 Å². The monoisotopic (exact) mass is 528 g/mol. The minimum Gasteiger partial charge on any atom is -0.491 e. The molecule has 7 nitrogen and oxygen atoms in total. The Morgan fingerprint density at radius 3 is 2.37 bits per heavy atom. The van der Waals surface area contributed by atoms with Crippen molar-refractivity contribution in [3.8, 4) is 5.75 Å². The van der Waals surface area contributed by atoms with Crippen LogP contribution in [0, 0.1) is 0 Å². The summed E-state index contributed by atoms with van der Waals surface area (Å²) in [5.74, 6) is 0.324. The summed E-state index contributed by atoms with van der Waals surface area (Å²) in [4.78, 5) is 12.9. The van der Waals surface area contributed by atoms with Crippen molar-refractivity contribution in [2.24, 2.45) is 0 Å². The third-order valence-electron chi connectivity index (χ3n) is 6.06. The van der Waals surface area contributed by atoms with Gasteiger partial charge in [0.1, 0.15) is 16.9 Å². The summed E-state index contributed by atoms with van der Waals surface area (Å²) in [6, 6.07) is 27.3. The number of ether oxygens (including phenoxy) is 1. The Morgan fingerprint density at radius 2 is 1.63 bits per heavy atom. The van der Waals surface area contributed by atoms with Crippen LogP contribution >= 0.6 is 0 Å². The van der Waals surface area contributed by atoms with Crippen molar-refractivity contribution in [1.82, 2.24) is 0 Å². The van der Waals surface area contributed by atoms with Crippen LogP contribution in [0.15, 0.2) is 95.4 Å². The summed E-state index contributed by atoms with van der Waals surface area (Å²) in [5.41, 5.74) is 3.82. The smallest absolute Gasteiger partial charge is 0.255 e. The van der Waals surface area contributed by atoms with Crippen molar-refractivity contribution < 1.29 is 22.4 Å². The van der Waals surface area contributed by atoms with Crippen molar-refractivity contribution in [3.63, 3.8) is 0 Å². The molecule has 1 aromatic heterocycles. The fourth-order valence-electron chi connectivity index (χ4n) is 4.32. The largest absolute Gasteiger partial charge is 0.491 e. The van der Waals surface area contributed by atoms with Crippen LogP contribution in [0.25, 0.3) is 21.9 Å². The van der Waals surface area contributed by atoms with Crippen LogP contribution in [0.2, 0.25) is 0 Å². The maximum absolute atomic E-state index is 12.9. The molecule has 194 valence electrons. The number of nitrogens with zero attached hydrogens (tertiary/aromatic N) is 1. The number of rotatable bonds is 8. The summed E-state index contributed by atoms with van der Waals surface area (Å²) in [6.45, 7) is 3.94. The molecule has 0 aliphatic rings. The predicted octanol–water partition coefficient (Wildman–Crippen LogP) is 6.59. The molecule has 5 aromatic rings. The maximum atomic E-state index is 12.9. The van der Waals surface area contributed by atoms with Crippen molar-refractivity contribution in [1.29, 1.82) is 0 Å². The number of hydrogen-bond donors (Lipinski definition) is 1. The molecule has 1 heterocycles. The Morgan fingerprint density at radius 1 is 0.895 bits per heavy atom. The quantitative estimate of drug-likeness (QED) is 0.245. The van der Waals surface area contributed by atoms with Crippen LogP contribution in [0.5, 0.6) is 5.75 Å². The number of nitrogens with one attached hydrogen (secondary N) is 1. The molecule has 0 spiro atoms. The number of benzene rings is 4. The number of carbonyl (C=O) groups is 1. The lowest BCUT2D eigenvalue weighted by Crippen LogP contribution is -2.29. The molecule has 1 N–H and O–H groups in total. The Hall–Kier alpha value is -4.30.